The molecule has 0 unspecified atom stereocenters. The molecule has 2 rings (SSSR count). The summed E-state index contributed by atoms with van der Waals surface area (Å²) in [6, 6.07) is 2.04. The predicted octanol–water partition coefficient (Wildman–Crippen LogP) is 2.16. The summed E-state index contributed by atoms with van der Waals surface area (Å²) in [7, 11) is 1.70. The average molecular weight is 237 g/mol. The van der Waals surface area contributed by atoms with E-state index >= 15 is 0 Å². The highest BCUT2D eigenvalue weighted by molar-refractivity contribution is 7.18. The highest BCUT2D eigenvalue weighted by Crippen LogP contribution is 2.26. The molecule has 16 heavy (non-hydrogen) atoms. The second kappa shape index (κ2) is 4.76. The Hall–Kier alpha value is -1.20. The van der Waals surface area contributed by atoms with Gasteiger partial charge in [0.15, 0.2) is 0 Å². The number of hydrogen-bond acceptors (Lipinski definition) is 5. The molecule has 2 heterocycles. The number of aromatic nitrogens is 2. The number of methoxy groups -OCH3 is 1. The Morgan fingerprint density at radius 1 is 1.44 bits per heavy atom. The van der Waals surface area contributed by atoms with Gasteiger partial charge in [-0.3, -0.25) is 0 Å². The minimum atomic E-state index is 0.585. The molecule has 0 radical (unpaired) electrons. The fourth-order valence-electron chi connectivity index (χ4n) is 1.60. The van der Waals surface area contributed by atoms with Crippen molar-refractivity contribution in [1.82, 2.24) is 9.97 Å². The Morgan fingerprint density at radius 3 is 3.00 bits per heavy atom. The van der Waals surface area contributed by atoms with E-state index < -0.39 is 0 Å². The number of rotatable bonds is 4. The number of hydrogen-bond donors (Lipinski definition) is 1. The van der Waals surface area contributed by atoms with Gasteiger partial charge in [0.05, 0.1) is 5.39 Å². The van der Waals surface area contributed by atoms with Crippen molar-refractivity contribution in [2.75, 3.05) is 19.5 Å². The molecule has 2 N–H and O–H groups in total. The zero-order valence-corrected chi connectivity index (χ0v) is 10.3. The minimum Gasteiger partial charge on any atom is -0.385 e. The molecule has 2 aromatic heterocycles. The Balaban J connectivity index is 2.27. The number of thiophene rings is 1. The summed E-state index contributed by atoms with van der Waals surface area (Å²) < 4.78 is 5.00. The monoisotopic (exact) mass is 237 g/mol. The van der Waals surface area contributed by atoms with Crippen LogP contribution in [-0.4, -0.2) is 23.7 Å². The number of ether oxygens (including phenoxy) is 1. The number of nitrogen functional groups attached to an aromatic ring is 1. The van der Waals surface area contributed by atoms with Crippen LogP contribution in [0.3, 0.4) is 0 Å². The lowest BCUT2D eigenvalue weighted by Gasteiger charge is -2.01. The van der Waals surface area contributed by atoms with Gasteiger partial charge in [0, 0.05) is 25.0 Å². The highest BCUT2D eigenvalue weighted by atomic mass is 32.1. The number of anilines is 1. The van der Waals surface area contributed by atoms with Crippen LogP contribution in [0.1, 0.15) is 17.1 Å². The van der Waals surface area contributed by atoms with Gasteiger partial charge in [-0.1, -0.05) is 0 Å². The Labute approximate surface area is 98.5 Å². The van der Waals surface area contributed by atoms with Crippen LogP contribution in [0, 0.1) is 6.92 Å². The van der Waals surface area contributed by atoms with Gasteiger partial charge in [-0.25, -0.2) is 9.97 Å². The molecular weight excluding hydrogens is 222 g/mol. The standard InChI is InChI=1S/C11H15N3OS/c1-7-6-8-10(12)13-9(4-3-5-15-2)14-11(8)16-7/h6H,3-5H2,1-2H3,(H2,12,13,14). The first-order valence-corrected chi connectivity index (χ1v) is 6.04. The van der Waals surface area contributed by atoms with Crippen molar-refractivity contribution in [3.63, 3.8) is 0 Å². The van der Waals surface area contributed by atoms with Crippen molar-refractivity contribution in [2.24, 2.45) is 0 Å². The summed E-state index contributed by atoms with van der Waals surface area (Å²) >= 11 is 1.66. The van der Waals surface area contributed by atoms with Crippen LogP contribution < -0.4 is 5.73 Å². The van der Waals surface area contributed by atoms with Crippen molar-refractivity contribution in [3.05, 3.63) is 16.8 Å². The molecule has 0 aliphatic rings. The largest absolute Gasteiger partial charge is 0.385 e. The van der Waals surface area contributed by atoms with Gasteiger partial charge >= 0.3 is 0 Å². The van der Waals surface area contributed by atoms with Crippen LogP contribution in [0.15, 0.2) is 6.07 Å². The van der Waals surface area contributed by atoms with E-state index in [-0.39, 0.29) is 0 Å². The molecule has 0 aliphatic heterocycles. The van der Waals surface area contributed by atoms with Crippen molar-refractivity contribution < 1.29 is 4.74 Å². The zero-order chi connectivity index (χ0) is 11.5. The molecule has 0 amide bonds. The van der Waals surface area contributed by atoms with Crippen LogP contribution in [0.2, 0.25) is 0 Å². The predicted molar refractivity (Wildman–Crippen MR) is 66.8 cm³/mol. The first kappa shape index (κ1) is 11.3. The lowest BCUT2D eigenvalue weighted by Crippen LogP contribution is -2.01. The maximum Gasteiger partial charge on any atom is 0.135 e. The molecule has 0 saturated heterocycles. The third-order valence-electron chi connectivity index (χ3n) is 2.34. The number of fused-ring (bicyclic) bond motifs is 1. The highest BCUT2D eigenvalue weighted by Gasteiger charge is 2.07. The number of aryl methyl sites for hydroxylation is 2. The van der Waals surface area contributed by atoms with Gasteiger partial charge in [-0.15, -0.1) is 11.3 Å². The lowest BCUT2D eigenvalue weighted by molar-refractivity contribution is 0.194. The van der Waals surface area contributed by atoms with Gasteiger partial charge in [-0.2, -0.15) is 0 Å². The van der Waals surface area contributed by atoms with Crippen molar-refractivity contribution in [3.8, 4) is 0 Å². The van der Waals surface area contributed by atoms with Crippen LogP contribution in [-0.2, 0) is 11.2 Å². The Morgan fingerprint density at radius 2 is 2.25 bits per heavy atom. The summed E-state index contributed by atoms with van der Waals surface area (Å²) in [5, 5.41) is 0.970. The van der Waals surface area contributed by atoms with Crippen molar-refractivity contribution >= 4 is 27.4 Å². The fraction of sp³-hybridized carbons (Fsp3) is 0.455. The van der Waals surface area contributed by atoms with Crippen molar-refractivity contribution in [1.29, 1.82) is 0 Å². The molecule has 4 nitrogen and oxygen atoms in total. The zero-order valence-electron chi connectivity index (χ0n) is 9.49. The SMILES string of the molecule is COCCCc1nc(N)c2cc(C)sc2n1. The number of nitrogens with zero attached hydrogens (tertiary/aromatic N) is 2. The Kier molecular flexibility index (Phi) is 3.36. The summed E-state index contributed by atoms with van der Waals surface area (Å²) in [5.41, 5.74) is 5.90. The summed E-state index contributed by atoms with van der Waals surface area (Å²) in [5.74, 6) is 1.39. The van der Waals surface area contributed by atoms with Gasteiger partial charge in [-0.05, 0) is 19.4 Å². The van der Waals surface area contributed by atoms with E-state index in [9.17, 15) is 0 Å². The smallest absolute Gasteiger partial charge is 0.135 e. The molecule has 0 fully saturated rings. The summed E-state index contributed by atoms with van der Waals surface area (Å²) in [4.78, 5) is 11.0. The summed E-state index contributed by atoms with van der Waals surface area (Å²) in [6.45, 7) is 2.78. The maximum absolute atomic E-state index is 5.90. The second-order valence-corrected chi connectivity index (χ2v) is 4.93. The minimum absolute atomic E-state index is 0.585. The molecule has 0 atom stereocenters. The molecule has 0 aromatic carbocycles. The first-order valence-electron chi connectivity index (χ1n) is 5.22. The van der Waals surface area contributed by atoms with Crippen molar-refractivity contribution in [2.45, 2.75) is 19.8 Å². The molecule has 0 aliphatic carbocycles. The van der Waals surface area contributed by atoms with E-state index in [2.05, 4.69) is 16.9 Å². The third-order valence-corrected chi connectivity index (χ3v) is 3.28. The maximum atomic E-state index is 5.90. The second-order valence-electron chi connectivity index (χ2n) is 3.70. The molecule has 2 aromatic rings. The Bertz CT molecular complexity index is 495. The van der Waals surface area contributed by atoms with E-state index in [0.29, 0.717) is 5.82 Å². The van der Waals surface area contributed by atoms with Gasteiger partial charge in [0.1, 0.15) is 16.5 Å². The fourth-order valence-corrected chi connectivity index (χ4v) is 2.50. The molecule has 0 saturated carbocycles. The molecule has 0 bridgehead atoms. The van der Waals surface area contributed by atoms with E-state index in [0.717, 1.165) is 35.5 Å². The molecule has 86 valence electrons. The summed E-state index contributed by atoms with van der Waals surface area (Å²) in [6.07, 6.45) is 1.73. The van der Waals surface area contributed by atoms with E-state index in [1.165, 1.54) is 4.88 Å². The van der Waals surface area contributed by atoms with E-state index in [4.69, 9.17) is 10.5 Å². The normalized spacial score (nSPS) is 11.1. The van der Waals surface area contributed by atoms with Crippen LogP contribution in [0.25, 0.3) is 10.2 Å². The quantitative estimate of drug-likeness (QED) is 0.828. The van der Waals surface area contributed by atoms with Crippen LogP contribution in [0.5, 0.6) is 0 Å². The van der Waals surface area contributed by atoms with Crippen LogP contribution >= 0.6 is 11.3 Å². The third kappa shape index (κ3) is 2.31. The van der Waals surface area contributed by atoms with Gasteiger partial charge in [0.2, 0.25) is 0 Å². The van der Waals surface area contributed by atoms with E-state index in [1.807, 2.05) is 6.07 Å². The molecular formula is C11H15N3OS. The van der Waals surface area contributed by atoms with Gasteiger partial charge < -0.3 is 10.5 Å². The number of nitrogens with two attached hydrogens (primary N) is 1. The topological polar surface area (TPSA) is 61.0 Å². The lowest BCUT2D eigenvalue weighted by atomic mass is 10.3. The van der Waals surface area contributed by atoms with E-state index in [1.54, 1.807) is 18.4 Å². The first-order chi connectivity index (χ1) is 7.70. The molecule has 0 spiro atoms. The average Bonchev–Trinajstić information content (AvgIpc) is 2.60. The van der Waals surface area contributed by atoms with Gasteiger partial charge in [0.25, 0.3) is 0 Å². The van der Waals surface area contributed by atoms with Crippen LogP contribution in [0.4, 0.5) is 5.82 Å². The molecule has 5 heteroatoms.